The number of piperidine rings is 3. The zero-order chi connectivity index (χ0) is 17.4. The number of ether oxygens (including phenoxy) is 1. The Labute approximate surface area is 149 Å². The van der Waals surface area contributed by atoms with E-state index in [1.54, 1.807) is 0 Å². The average Bonchev–Trinajstić information content (AvgIpc) is 3.20. The molecule has 4 nitrogen and oxygen atoms in total. The molecule has 25 heavy (non-hydrogen) atoms. The van der Waals surface area contributed by atoms with Crippen LogP contribution in [0.4, 0.5) is 0 Å². The highest BCUT2D eigenvalue weighted by molar-refractivity contribution is 5.82. The van der Waals surface area contributed by atoms with Crippen LogP contribution < -0.4 is 0 Å². The number of hydrogen-bond donors (Lipinski definition) is 1. The maximum absolute atomic E-state index is 13.2. The van der Waals surface area contributed by atoms with E-state index in [0.717, 1.165) is 57.3 Å². The molecule has 4 aliphatic rings. The summed E-state index contributed by atoms with van der Waals surface area (Å²) in [6.45, 7) is 6.16. The van der Waals surface area contributed by atoms with Crippen molar-refractivity contribution in [1.29, 1.82) is 0 Å². The van der Waals surface area contributed by atoms with Crippen molar-refractivity contribution in [3.63, 3.8) is 0 Å². The summed E-state index contributed by atoms with van der Waals surface area (Å²) in [7, 11) is 0. The van der Waals surface area contributed by atoms with Crippen LogP contribution in [-0.4, -0.2) is 35.2 Å². The monoisotopic (exact) mass is 341 g/mol. The highest BCUT2D eigenvalue weighted by Gasteiger charge is 2.50. The normalized spacial score (nSPS) is 28.8. The van der Waals surface area contributed by atoms with E-state index in [2.05, 4.69) is 11.5 Å². The van der Waals surface area contributed by atoms with Crippen molar-refractivity contribution in [3.05, 3.63) is 48.2 Å². The lowest BCUT2D eigenvalue weighted by atomic mass is 9.79. The van der Waals surface area contributed by atoms with Gasteiger partial charge in [0.2, 0.25) is 0 Å². The van der Waals surface area contributed by atoms with Gasteiger partial charge >= 0.3 is 5.97 Å². The zero-order valence-electron chi connectivity index (χ0n) is 14.7. The number of fused-ring (bicyclic) bond motifs is 3. The van der Waals surface area contributed by atoms with Crippen LogP contribution in [0.2, 0.25) is 0 Å². The lowest BCUT2D eigenvalue weighted by Gasteiger charge is -2.47. The van der Waals surface area contributed by atoms with Crippen LogP contribution in [0.5, 0.6) is 0 Å². The average molecular weight is 341 g/mol. The standard InChI is InChI=1S/C21H27NO3/c1-15-19(16-11-13-22(15)14-12-16)25-20(23)21(24,18-9-5-6-10-18)17-7-3-2-4-8-17/h2-4,7-8,16,18-19,24H,1,5-6,9-14H2. The summed E-state index contributed by atoms with van der Waals surface area (Å²) in [4.78, 5) is 15.4. The molecule has 2 unspecified atom stereocenters. The maximum atomic E-state index is 13.2. The summed E-state index contributed by atoms with van der Waals surface area (Å²) in [6.07, 6.45) is 5.61. The van der Waals surface area contributed by atoms with Gasteiger partial charge in [0.05, 0.1) is 0 Å². The smallest absolute Gasteiger partial charge is 0.343 e. The van der Waals surface area contributed by atoms with E-state index < -0.39 is 11.6 Å². The molecule has 3 saturated heterocycles. The Morgan fingerprint density at radius 2 is 1.76 bits per heavy atom. The molecular formula is C21H27NO3. The van der Waals surface area contributed by atoms with Crippen molar-refractivity contribution in [1.82, 2.24) is 4.90 Å². The van der Waals surface area contributed by atoms with Crippen molar-refractivity contribution < 1.29 is 14.6 Å². The van der Waals surface area contributed by atoms with Gasteiger partial charge in [-0.05, 0) is 31.2 Å². The Hall–Kier alpha value is -1.81. The third kappa shape index (κ3) is 2.77. The fraction of sp³-hybridized carbons (Fsp3) is 0.571. The first-order chi connectivity index (χ1) is 12.1. The summed E-state index contributed by atoms with van der Waals surface area (Å²) in [5.41, 5.74) is 0.000764. The molecule has 3 heterocycles. The molecule has 0 amide bonds. The van der Waals surface area contributed by atoms with Crippen molar-refractivity contribution >= 4 is 5.97 Å². The Morgan fingerprint density at radius 3 is 2.36 bits per heavy atom. The minimum atomic E-state index is -1.55. The number of carbonyl (C=O) groups excluding carboxylic acids is 1. The quantitative estimate of drug-likeness (QED) is 0.855. The van der Waals surface area contributed by atoms with Crippen LogP contribution in [0.3, 0.4) is 0 Å². The molecule has 0 aromatic heterocycles. The van der Waals surface area contributed by atoms with Crippen molar-refractivity contribution in [2.45, 2.75) is 50.2 Å². The highest BCUT2D eigenvalue weighted by atomic mass is 16.6. The molecule has 3 aliphatic heterocycles. The highest BCUT2D eigenvalue weighted by Crippen LogP contribution is 2.43. The number of nitrogens with zero attached hydrogens (tertiary/aromatic N) is 1. The van der Waals surface area contributed by atoms with Gasteiger partial charge in [-0.1, -0.05) is 49.8 Å². The predicted molar refractivity (Wildman–Crippen MR) is 95.6 cm³/mol. The molecule has 4 fully saturated rings. The summed E-state index contributed by atoms with van der Waals surface area (Å²) >= 11 is 0. The molecule has 5 rings (SSSR count). The maximum Gasteiger partial charge on any atom is 0.343 e. The summed E-state index contributed by atoms with van der Waals surface area (Å²) in [6, 6.07) is 9.32. The van der Waals surface area contributed by atoms with Crippen LogP contribution in [0.1, 0.15) is 44.1 Å². The fourth-order valence-electron chi connectivity index (χ4n) is 4.87. The van der Waals surface area contributed by atoms with Crippen molar-refractivity contribution in [2.24, 2.45) is 11.8 Å². The van der Waals surface area contributed by atoms with Gasteiger partial charge in [-0.3, -0.25) is 0 Å². The molecular weight excluding hydrogens is 314 g/mol. The Morgan fingerprint density at radius 1 is 1.12 bits per heavy atom. The van der Waals surface area contributed by atoms with Crippen LogP contribution in [0.25, 0.3) is 0 Å². The largest absolute Gasteiger partial charge is 0.453 e. The van der Waals surface area contributed by atoms with Crippen LogP contribution >= 0.6 is 0 Å². The zero-order valence-corrected chi connectivity index (χ0v) is 14.7. The molecule has 1 aromatic rings. The third-order valence-corrected chi connectivity index (χ3v) is 6.41. The van der Waals surface area contributed by atoms with Gasteiger partial charge in [0.25, 0.3) is 0 Å². The molecule has 1 N–H and O–H groups in total. The molecule has 134 valence electrons. The first kappa shape index (κ1) is 16.6. The van der Waals surface area contributed by atoms with Crippen LogP contribution in [0.15, 0.2) is 42.6 Å². The van der Waals surface area contributed by atoms with E-state index in [0.29, 0.717) is 11.5 Å². The minimum Gasteiger partial charge on any atom is -0.453 e. The van der Waals surface area contributed by atoms with Gasteiger partial charge in [-0.2, -0.15) is 0 Å². The SMILES string of the molecule is C=C1C(OC(=O)C(O)(c2ccccc2)C2CCCC2)C2CCN1CC2. The predicted octanol–water partition coefficient (Wildman–Crippen LogP) is 3.22. The van der Waals surface area contributed by atoms with Crippen molar-refractivity contribution in [2.75, 3.05) is 13.1 Å². The minimum absolute atomic E-state index is 0.0725. The summed E-state index contributed by atoms with van der Waals surface area (Å²) in [5.74, 6) is -0.229. The van der Waals surface area contributed by atoms with Gasteiger partial charge in [0.1, 0.15) is 6.10 Å². The van der Waals surface area contributed by atoms with Crippen molar-refractivity contribution in [3.8, 4) is 0 Å². The lowest BCUT2D eigenvalue weighted by Crippen LogP contribution is -2.52. The van der Waals surface area contributed by atoms with Gasteiger partial charge in [-0.15, -0.1) is 0 Å². The molecule has 1 saturated carbocycles. The Bertz CT molecular complexity index is 644. The second-order valence-corrected chi connectivity index (χ2v) is 7.76. The summed E-state index contributed by atoms with van der Waals surface area (Å²) < 4.78 is 5.94. The number of benzene rings is 1. The van der Waals surface area contributed by atoms with Crippen LogP contribution in [-0.2, 0) is 15.1 Å². The molecule has 1 aliphatic carbocycles. The Kier molecular flexibility index (Phi) is 4.32. The number of carbonyl (C=O) groups is 1. The molecule has 1 aromatic carbocycles. The van der Waals surface area contributed by atoms with Crippen LogP contribution in [0, 0.1) is 11.8 Å². The fourth-order valence-corrected chi connectivity index (χ4v) is 4.87. The van der Waals surface area contributed by atoms with Gasteiger partial charge in [0.15, 0.2) is 5.60 Å². The molecule has 0 radical (unpaired) electrons. The van der Waals surface area contributed by atoms with Gasteiger partial charge in [0, 0.05) is 30.6 Å². The molecule has 0 spiro atoms. The molecule has 2 bridgehead atoms. The lowest BCUT2D eigenvalue weighted by molar-refractivity contribution is -0.184. The third-order valence-electron chi connectivity index (χ3n) is 6.41. The number of rotatable bonds is 4. The first-order valence-electron chi connectivity index (χ1n) is 9.53. The van der Waals surface area contributed by atoms with Gasteiger partial charge < -0.3 is 14.7 Å². The van der Waals surface area contributed by atoms with Gasteiger partial charge in [-0.25, -0.2) is 4.79 Å². The number of hydrogen-bond acceptors (Lipinski definition) is 4. The van der Waals surface area contributed by atoms with E-state index in [-0.39, 0.29) is 12.0 Å². The number of esters is 1. The molecule has 4 heteroatoms. The van der Waals surface area contributed by atoms with E-state index >= 15 is 0 Å². The second-order valence-electron chi connectivity index (χ2n) is 7.76. The Balaban J connectivity index is 1.61. The van der Waals surface area contributed by atoms with E-state index in [1.165, 1.54) is 0 Å². The second kappa shape index (κ2) is 6.49. The molecule has 2 atom stereocenters. The van der Waals surface area contributed by atoms with E-state index in [1.807, 2.05) is 30.3 Å². The number of aliphatic hydroxyl groups is 1. The first-order valence-corrected chi connectivity index (χ1v) is 9.53. The summed E-state index contributed by atoms with van der Waals surface area (Å²) in [5, 5.41) is 11.5. The van der Waals surface area contributed by atoms with E-state index in [9.17, 15) is 9.90 Å². The van der Waals surface area contributed by atoms with E-state index in [4.69, 9.17) is 4.74 Å². The topological polar surface area (TPSA) is 49.8 Å².